The van der Waals surface area contributed by atoms with Crippen LogP contribution in [-0.2, 0) is 22.3 Å². The Labute approximate surface area is 140 Å². The Balaban J connectivity index is 1.79. The van der Waals surface area contributed by atoms with Crippen molar-refractivity contribution in [2.45, 2.75) is 25.6 Å². The number of aromatic nitrogens is 3. The van der Waals surface area contributed by atoms with Crippen LogP contribution in [0.25, 0.3) is 5.65 Å². The van der Waals surface area contributed by atoms with Gasteiger partial charge in [0, 0.05) is 19.4 Å². The second-order valence-electron chi connectivity index (χ2n) is 5.75. The van der Waals surface area contributed by atoms with Crippen molar-refractivity contribution < 1.29 is 22.7 Å². The lowest BCUT2D eigenvalue weighted by Gasteiger charge is -2.29. The molecule has 1 aliphatic rings. The van der Waals surface area contributed by atoms with Crippen molar-refractivity contribution in [1.82, 2.24) is 19.9 Å². The van der Waals surface area contributed by atoms with Crippen LogP contribution in [0.5, 0.6) is 0 Å². The Morgan fingerprint density at radius 1 is 1.36 bits per heavy atom. The van der Waals surface area contributed by atoms with Gasteiger partial charge in [-0.25, -0.2) is 0 Å². The number of ether oxygens (including phenoxy) is 1. The lowest BCUT2D eigenvalue weighted by atomic mass is 9.81. The second kappa shape index (κ2) is 6.33. The molecule has 25 heavy (non-hydrogen) atoms. The van der Waals surface area contributed by atoms with E-state index in [2.05, 4.69) is 15.5 Å². The van der Waals surface area contributed by atoms with Gasteiger partial charge in [-0.15, -0.1) is 10.2 Å². The SMILES string of the molecule is N#CC1(C(=O)NCc2nnc3ccc(C(F)(F)F)cn23)CCOCC1. The first-order valence-electron chi connectivity index (χ1n) is 7.54. The lowest BCUT2D eigenvalue weighted by Crippen LogP contribution is -2.43. The molecule has 2 aromatic rings. The summed E-state index contributed by atoms with van der Waals surface area (Å²) in [6, 6.07) is 4.15. The fraction of sp³-hybridized carbons (Fsp3) is 0.467. The summed E-state index contributed by atoms with van der Waals surface area (Å²) < 4.78 is 44.8. The highest BCUT2D eigenvalue weighted by atomic mass is 19.4. The van der Waals surface area contributed by atoms with Crippen LogP contribution in [0.1, 0.15) is 24.2 Å². The molecule has 3 rings (SSSR count). The minimum Gasteiger partial charge on any atom is -0.381 e. The van der Waals surface area contributed by atoms with Crippen LogP contribution in [0.2, 0.25) is 0 Å². The highest BCUT2D eigenvalue weighted by Crippen LogP contribution is 2.30. The monoisotopic (exact) mass is 353 g/mol. The number of carbonyl (C=O) groups excluding carboxylic acids is 1. The molecule has 1 saturated heterocycles. The number of rotatable bonds is 3. The Morgan fingerprint density at radius 2 is 2.08 bits per heavy atom. The second-order valence-corrected chi connectivity index (χ2v) is 5.75. The number of amides is 1. The molecule has 1 amide bonds. The first-order chi connectivity index (χ1) is 11.9. The van der Waals surface area contributed by atoms with Crippen molar-refractivity contribution in [3.63, 3.8) is 0 Å². The van der Waals surface area contributed by atoms with Crippen molar-refractivity contribution in [2.75, 3.05) is 13.2 Å². The molecule has 0 spiro atoms. The van der Waals surface area contributed by atoms with Crippen LogP contribution in [0.4, 0.5) is 13.2 Å². The maximum atomic E-state index is 12.8. The highest BCUT2D eigenvalue weighted by molar-refractivity contribution is 5.85. The summed E-state index contributed by atoms with van der Waals surface area (Å²) in [5, 5.41) is 19.5. The van der Waals surface area contributed by atoms with E-state index in [-0.39, 0.29) is 30.9 Å². The molecule has 0 radical (unpaired) electrons. The van der Waals surface area contributed by atoms with Gasteiger partial charge in [-0.05, 0) is 25.0 Å². The maximum absolute atomic E-state index is 12.8. The van der Waals surface area contributed by atoms with Crippen LogP contribution in [0.15, 0.2) is 18.3 Å². The molecule has 0 aliphatic carbocycles. The third-order valence-electron chi connectivity index (χ3n) is 4.20. The average Bonchev–Trinajstić information content (AvgIpc) is 3.01. The molecular weight excluding hydrogens is 339 g/mol. The molecule has 2 aromatic heterocycles. The first-order valence-corrected chi connectivity index (χ1v) is 7.54. The van der Waals surface area contributed by atoms with E-state index >= 15 is 0 Å². The Hall–Kier alpha value is -2.67. The van der Waals surface area contributed by atoms with Gasteiger partial charge >= 0.3 is 6.18 Å². The molecule has 0 atom stereocenters. The third-order valence-corrected chi connectivity index (χ3v) is 4.20. The van der Waals surface area contributed by atoms with Gasteiger partial charge < -0.3 is 10.1 Å². The molecule has 132 valence electrons. The number of nitrogens with one attached hydrogen (secondary N) is 1. The third kappa shape index (κ3) is 3.28. The summed E-state index contributed by atoms with van der Waals surface area (Å²) in [5.41, 5.74) is -1.79. The number of carbonyl (C=O) groups is 1. The number of hydrogen-bond donors (Lipinski definition) is 1. The average molecular weight is 353 g/mol. The minimum absolute atomic E-state index is 0.133. The van der Waals surface area contributed by atoms with E-state index in [9.17, 15) is 23.2 Å². The highest BCUT2D eigenvalue weighted by Gasteiger charge is 2.40. The molecule has 7 nitrogen and oxygen atoms in total. The minimum atomic E-state index is -4.49. The summed E-state index contributed by atoms with van der Waals surface area (Å²) in [6.45, 7) is 0.485. The predicted molar refractivity (Wildman–Crippen MR) is 77.9 cm³/mol. The van der Waals surface area contributed by atoms with Crippen molar-refractivity contribution in [2.24, 2.45) is 5.41 Å². The summed E-state index contributed by atoms with van der Waals surface area (Å²) in [6.07, 6.45) is -3.07. The van der Waals surface area contributed by atoms with E-state index in [1.807, 2.05) is 6.07 Å². The van der Waals surface area contributed by atoms with E-state index in [0.29, 0.717) is 13.2 Å². The standard InChI is InChI=1S/C15H14F3N5O2/c16-15(17,18)10-1-2-11-21-22-12(23(11)8-10)7-20-13(24)14(9-19)3-5-25-6-4-14/h1-2,8H,3-7H2,(H,20,24). The van der Waals surface area contributed by atoms with Gasteiger partial charge in [0.15, 0.2) is 11.5 Å². The quantitative estimate of drug-likeness (QED) is 0.906. The van der Waals surface area contributed by atoms with Crippen LogP contribution in [-0.4, -0.2) is 33.7 Å². The van der Waals surface area contributed by atoms with Gasteiger partial charge in [-0.3, -0.25) is 9.20 Å². The zero-order valence-electron chi connectivity index (χ0n) is 13.0. The molecular formula is C15H14F3N5O2. The topological polar surface area (TPSA) is 92.3 Å². The molecule has 0 bridgehead atoms. The van der Waals surface area contributed by atoms with Gasteiger partial charge in [-0.1, -0.05) is 0 Å². The maximum Gasteiger partial charge on any atom is 0.417 e. The van der Waals surface area contributed by atoms with Crippen LogP contribution < -0.4 is 5.32 Å². The molecule has 0 aromatic carbocycles. The van der Waals surface area contributed by atoms with Gasteiger partial charge in [0.2, 0.25) is 5.91 Å². The van der Waals surface area contributed by atoms with Crippen LogP contribution >= 0.6 is 0 Å². The normalized spacial score (nSPS) is 17.2. The summed E-state index contributed by atoms with van der Waals surface area (Å²) in [4.78, 5) is 12.4. The smallest absolute Gasteiger partial charge is 0.381 e. The van der Waals surface area contributed by atoms with Crippen LogP contribution in [0.3, 0.4) is 0 Å². The number of fused-ring (bicyclic) bond motifs is 1. The van der Waals surface area contributed by atoms with E-state index in [0.717, 1.165) is 12.3 Å². The first kappa shape index (κ1) is 17.2. The van der Waals surface area contributed by atoms with Crippen LogP contribution in [0, 0.1) is 16.7 Å². The van der Waals surface area contributed by atoms with E-state index in [1.165, 1.54) is 10.5 Å². The Bertz CT molecular complexity index is 834. The molecule has 10 heteroatoms. The van der Waals surface area contributed by atoms with Gasteiger partial charge in [0.1, 0.15) is 5.41 Å². The largest absolute Gasteiger partial charge is 0.417 e. The Morgan fingerprint density at radius 3 is 2.72 bits per heavy atom. The number of alkyl halides is 3. The molecule has 1 fully saturated rings. The summed E-state index contributed by atoms with van der Waals surface area (Å²) >= 11 is 0. The number of nitriles is 1. The zero-order chi connectivity index (χ0) is 18.1. The van der Waals surface area contributed by atoms with Gasteiger partial charge in [-0.2, -0.15) is 18.4 Å². The predicted octanol–water partition coefficient (Wildman–Crippen LogP) is 1.68. The lowest BCUT2D eigenvalue weighted by molar-refractivity contribution is -0.138. The van der Waals surface area contributed by atoms with Crippen molar-refractivity contribution in [3.8, 4) is 6.07 Å². The Kier molecular flexibility index (Phi) is 4.34. The summed E-state index contributed by atoms with van der Waals surface area (Å²) in [5.74, 6) is -0.336. The molecule has 0 saturated carbocycles. The number of pyridine rings is 1. The van der Waals surface area contributed by atoms with Crippen molar-refractivity contribution >= 4 is 11.6 Å². The number of halogens is 3. The van der Waals surface area contributed by atoms with E-state index in [4.69, 9.17) is 4.74 Å². The molecule has 3 heterocycles. The molecule has 1 aliphatic heterocycles. The number of nitrogens with zero attached hydrogens (tertiary/aromatic N) is 4. The van der Waals surface area contributed by atoms with E-state index < -0.39 is 23.1 Å². The molecule has 1 N–H and O–H groups in total. The van der Waals surface area contributed by atoms with Crippen molar-refractivity contribution in [3.05, 3.63) is 29.7 Å². The fourth-order valence-electron chi connectivity index (χ4n) is 2.66. The fourth-order valence-corrected chi connectivity index (χ4v) is 2.66. The summed E-state index contributed by atoms with van der Waals surface area (Å²) in [7, 11) is 0. The van der Waals surface area contributed by atoms with Gasteiger partial charge in [0.05, 0.1) is 18.2 Å². The van der Waals surface area contributed by atoms with E-state index in [1.54, 1.807) is 0 Å². The van der Waals surface area contributed by atoms with Crippen molar-refractivity contribution in [1.29, 1.82) is 5.26 Å². The van der Waals surface area contributed by atoms with Gasteiger partial charge in [0.25, 0.3) is 0 Å². The molecule has 0 unspecified atom stereocenters. The zero-order valence-corrected chi connectivity index (χ0v) is 13.0. The number of hydrogen-bond acceptors (Lipinski definition) is 5.